The normalized spacial score (nSPS) is 13.0. The molecule has 2 rings (SSSR count). The minimum Gasteiger partial charge on any atom is -0.423 e. The molecule has 0 aliphatic rings. The maximum absolute atomic E-state index is 10.7. The van der Waals surface area contributed by atoms with Crippen LogP contribution in [-0.4, -0.2) is 9.88 Å². The third-order valence-electron chi connectivity index (χ3n) is 1.87. The topological polar surface area (TPSA) is 62.3 Å². The van der Waals surface area contributed by atoms with E-state index in [0.29, 0.717) is 15.0 Å². The Morgan fingerprint density at radius 1 is 1.53 bits per heavy atom. The third kappa shape index (κ3) is 2.06. The van der Waals surface area contributed by atoms with Gasteiger partial charge in [-0.25, -0.2) is 4.57 Å². The fourth-order valence-corrected chi connectivity index (χ4v) is 2.61. The summed E-state index contributed by atoms with van der Waals surface area (Å²) in [4.78, 5) is 11.7. The summed E-state index contributed by atoms with van der Waals surface area (Å²) in [6.45, 7) is 0. The van der Waals surface area contributed by atoms with Crippen LogP contribution in [0.15, 0.2) is 22.8 Å². The first-order chi connectivity index (χ1) is 7.09. The van der Waals surface area contributed by atoms with Gasteiger partial charge >= 0.3 is 8.25 Å². The van der Waals surface area contributed by atoms with Gasteiger partial charge in [-0.2, -0.15) is 0 Å². The van der Waals surface area contributed by atoms with Crippen LogP contribution in [-0.2, 0) is 4.57 Å². The number of halogens is 2. The molecule has 1 heterocycles. The molecule has 0 saturated heterocycles. The molecule has 4 nitrogen and oxygen atoms in total. The molecule has 0 aliphatic heterocycles. The van der Waals surface area contributed by atoms with E-state index in [4.69, 9.17) is 21.0 Å². The number of aromatic amines is 1. The van der Waals surface area contributed by atoms with Gasteiger partial charge in [0, 0.05) is 0 Å². The van der Waals surface area contributed by atoms with Gasteiger partial charge in [-0.05, 0) is 28.1 Å². The molecule has 1 unspecified atom stereocenters. The lowest BCUT2D eigenvalue weighted by Crippen LogP contribution is -1.79. The van der Waals surface area contributed by atoms with E-state index in [1.165, 1.54) is 0 Å². The van der Waals surface area contributed by atoms with Crippen LogP contribution in [0, 0.1) is 0 Å². The summed E-state index contributed by atoms with van der Waals surface area (Å²) in [5.41, 5.74) is 0.743. The fourth-order valence-electron chi connectivity index (χ4n) is 1.33. The van der Waals surface area contributed by atoms with Gasteiger partial charge in [0.1, 0.15) is 4.60 Å². The Labute approximate surface area is 99.3 Å². The summed E-state index contributed by atoms with van der Waals surface area (Å²) >= 11 is 9.17. The highest BCUT2D eigenvalue weighted by Gasteiger charge is 2.14. The highest BCUT2D eigenvalue weighted by molar-refractivity contribution is 9.10. The van der Waals surface area contributed by atoms with Gasteiger partial charge in [0.2, 0.25) is 0 Å². The Bertz CT molecular complexity index is 542. The van der Waals surface area contributed by atoms with E-state index in [-0.39, 0.29) is 5.75 Å². The Balaban J connectivity index is 2.71. The van der Waals surface area contributed by atoms with E-state index >= 15 is 0 Å². The largest absolute Gasteiger partial charge is 0.423 e. The second-order valence-corrected chi connectivity index (χ2v) is 4.73. The van der Waals surface area contributed by atoms with Gasteiger partial charge in [-0.1, -0.05) is 17.7 Å². The summed E-state index contributed by atoms with van der Waals surface area (Å²) in [7, 11) is -3.04. The van der Waals surface area contributed by atoms with Gasteiger partial charge in [0.25, 0.3) is 0 Å². The van der Waals surface area contributed by atoms with Crippen molar-refractivity contribution < 1.29 is 14.0 Å². The third-order valence-corrected chi connectivity index (χ3v) is 3.13. The molecular formula is C8H6BrClNO3P. The zero-order valence-corrected chi connectivity index (χ0v) is 10.6. The number of H-pyrrole nitrogens is 1. The Morgan fingerprint density at radius 3 is 2.93 bits per heavy atom. The summed E-state index contributed by atoms with van der Waals surface area (Å²) in [6, 6.07) is 5.26. The van der Waals surface area contributed by atoms with Crippen LogP contribution >= 0.6 is 35.8 Å². The summed E-state index contributed by atoms with van der Waals surface area (Å²) < 4.78 is 16.0. The van der Waals surface area contributed by atoms with Crippen LogP contribution in [0.2, 0.25) is 5.02 Å². The highest BCUT2D eigenvalue weighted by atomic mass is 79.9. The molecule has 0 radical (unpaired) electrons. The van der Waals surface area contributed by atoms with Crippen LogP contribution in [0.5, 0.6) is 5.75 Å². The lowest BCUT2D eigenvalue weighted by Gasteiger charge is -2.01. The number of nitrogens with one attached hydrogen (secondary N) is 1. The predicted molar refractivity (Wildman–Crippen MR) is 62.9 cm³/mol. The molecule has 0 fully saturated rings. The summed E-state index contributed by atoms with van der Waals surface area (Å²) in [6.07, 6.45) is 0. The molecule has 1 aromatic carbocycles. The predicted octanol–water partition coefficient (Wildman–Crippen LogP) is 3.34. The van der Waals surface area contributed by atoms with Gasteiger partial charge in [0.05, 0.1) is 15.9 Å². The number of aromatic nitrogens is 1. The first-order valence-corrected chi connectivity index (χ1v) is 6.39. The van der Waals surface area contributed by atoms with Crippen LogP contribution in [0.3, 0.4) is 0 Å². The van der Waals surface area contributed by atoms with Crippen molar-refractivity contribution in [3.8, 4) is 5.75 Å². The van der Waals surface area contributed by atoms with Gasteiger partial charge in [-0.15, -0.1) is 0 Å². The lowest BCUT2D eigenvalue weighted by atomic mass is 10.2. The highest BCUT2D eigenvalue weighted by Crippen LogP contribution is 2.41. The lowest BCUT2D eigenvalue weighted by molar-refractivity contribution is 0.411. The minimum absolute atomic E-state index is 0.266. The van der Waals surface area contributed by atoms with Crippen molar-refractivity contribution in [1.29, 1.82) is 0 Å². The zero-order valence-electron chi connectivity index (χ0n) is 7.25. The molecule has 0 amide bonds. The van der Waals surface area contributed by atoms with Crippen LogP contribution in [0.4, 0.5) is 0 Å². The fraction of sp³-hybridized carbons (Fsp3) is 0. The van der Waals surface area contributed by atoms with Crippen LogP contribution in [0.25, 0.3) is 10.9 Å². The second-order valence-electron chi connectivity index (χ2n) is 2.80. The first-order valence-electron chi connectivity index (χ1n) is 3.96. The van der Waals surface area contributed by atoms with E-state index in [2.05, 4.69) is 20.9 Å². The first kappa shape index (κ1) is 11.0. The second kappa shape index (κ2) is 4.18. The molecular weight excluding hydrogens is 304 g/mol. The summed E-state index contributed by atoms with van der Waals surface area (Å²) in [5.74, 6) is 0.266. The average molecular weight is 310 g/mol. The van der Waals surface area contributed by atoms with E-state index in [9.17, 15) is 4.57 Å². The Hall–Kier alpha value is -0.480. The molecule has 80 valence electrons. The average Bonchev–Trinajstić information content (AvgIpc) is 2.43. The van der Waals surface area contributed by atoms with Crippen molar-refractivity contribution in [2.45, 2.75) is 0 Å². The van der Waals surface area contributed by atoms with Crippen molar-refractivity contribution >= 4 is 46.7 Å². The van der Waals surface area contributed by atoms with Crippen molar-refractivity contribution in [2.24, 2.45) is 0 Å². The number of fused-ring (bicyclic) bond motifs is 1. The molecule has 7 heteroatoms. The number of benzene rings is 1. The van der Waals surface area contributed by atoms with Gasteiger partial charge in [-0.3, -0.25) is 0 Å². The van der Waals surface area contributed by atoms with Crippen molar-refractivity contribution in [2.75, 3.05) is 0 Å². The maximum Gasteiger partial charge on any atom is 0.365 e. The molecule has 15 heavy (non-hydrogen) atoms. The SMILES string of the molecule is O=[PH](O)Oc1c(Br)[nH]c2cccc(Cl)c12. The standard InChI is InChI=1S/C8H6BrClNO3P/c9-8-7(14-15(12)13)6-4(10)2-1-3-5(6)11-8/h1-3,11,15H,(H,12,13). The molecule has 1 atom stereocenters. The number of rotatable bonds is 2. The molecule has 0 aliphatic carbocycles. The van der Waals surface area contributed by atoms with Crippen LogP contribution < -0.4 is 4.52 Å². The Kier molecular flexibility index (Phi) is 3.07. The minimum atomic E-state index is -3.04. The number of hydrogen-bond donors (Lipinski definition) is 2. The molecule has 0 bridgehead atoms. The Morgan fingerprint density at radius 2 is 2.27 bits per heavy atom. The molecule has 2 N–H and O–H groups in total. The van der Waals surface area contributed by atoms with Crippen molar-refractivity contribution in [3.63, 3.8) is 0 Å². The van der Waals surface area contributed by atoms with Gasteiger partial charge in [0.15, 0.2) is 5.75 Å². The van der Waals surface area contributed by atoms with Crippen molar-refractivity contribution in [3.05, 3.63) is 27.8 Å². The van der Waals surface area contributed by atoms with E-state index < -0.39 is 8.25 Å². The zero-order chi connectivity index (χ0) is 11.0. The molecule has 1 aromatic heterocycles. The van der Waals surface area contributed by atoms with Crippen molar-refractivity contribution in [1.82, 2.24) is 4.98 Å². The monoisotopic (exact) mass is 309 g/mol. The molecule has 2 aromatic rings. The maximum atomic E-state index is 10.7. The van der Waals surface area contributed by atoms with Gasteiger partial charge < -0.3 is 14.4 Å². The van der Waals surface area contributed by atoms with E-state index in [0.717, 1.165) is 5.52 Å². The smallest absolute Gasteiger partial charge is 0.365 e. The molecule has 0 saturated carbocycles. The number of hydrogen-bond acceptors (Lipinski definition) is 2. The van der Waals surface area contributed by atoms with E-state index in [1.54, 1.807) is 18.2 Å². The van der Waals surface area contributed by atoms with Crippen LogP contribution in [0.1, 0.15) is 0 Å². The quantitative estimate of drug-likeness (QED) is 0.836. The molecule has 0 spiro atoms. The summed E-state index contributed by atoms with van der Waals surface area (Å²) in [5, 5.41) is 1.06. The van der Waals surface area contributed by atoms with E-state index in [1.807, 2.05) is 0 Å².